The number of aromatic amines is 2. The quantitative estimate of drug-likeness (QED) is 0.0176. The van der Waals surface area contributed by atoms with E-state index in [2.05, 4.69) is 113 Å². The lowest BCUT2D eigenvalue weighted by Crippen LogP contribution is -2.42. The molecule has 8 bridgehead atoms. The molecular formula is C64H94N16O8S4+4. The van der Waals surface area contributed by atoms with Gasteiger partial charge in [0.25, 0.3) is 0 Å². The lowest BCUT2D eigenvalue weighted by molar-refractivity contribution is -0.890. The molecule has 5 heterocycles. The van der Waals surface area contributed by atoms with E-state index in [1.165, 1.54) is 48.5 Å². The SMILES string of the molecule is CCC[N+](C)(C)CCCNS(=O)(=O)c1ccc2c(c1)-c1nc-2nc2[nH]c(nc3nc(nc4[nH]c(n1)c1ccc(S(=O)(=O)NCCC[N+](C)(C)CCC)cc41)-c1ccc(S(=O)(=O)NCCC[N+](C)(C)CCC)cc1-3)c1ccc(S(=O)(=O)NCCC[N+](C)(C)CCC)cc21. The van der Waals surface area contributed by atoms with Crippen molar-refractivity contribution in [3.8, 4) is 45.6 Å². The molecule has 92 heavy (non-hydrogen) atoms. The van der Waals surface area contributed by atoms with Crippen molar-refractivity contribution >= 4 is 84.2 Å². The summed E-state index contributed by atoms with van der Waals surface area (Å²) in [6.45, 7) is 16.1. The van der Waals surface area contributed by atoms with Gasteiger partial charge in [0.15, 0.2) is 23.3 Å². The van der Waals surface area contributed by atoms with E-state index in [4.69, 9.17) is 29.9 Å². The number of hydrogen-bond acceptors (Lipinski definition) is 14. The summed E-state index contributed by atoms with van der Waals surface area (Å²) in [5, 5.41) is 1.53. The van der Waals surface area contributed by atoms with Gasteiger partial charge in [-0.3, -0.25) is 0 Å². The molecule has 2 aliphatic heterocycles. The first-order valence-corrected chi connectivity index (χ1v) is 37.9. The summed E-state index contributed by atoms with van der Waals surface area (Å²) >= 11 is 0. The lowest BCUT2D eigenvalue weighted by Gasteiger charge is -2.29. The average Bonchev–Trinajstić information content (AvgIpc) is 1.59. The highest BCUT2D eigenvalue weighted by atomic mass is 32.2. The fourth-order valence-corrected chi connectivity index (χ4v) is 16.8. The molecule has 0 saturated carbocycles. The molecule has 0 amide bonds. The summed E-state index contributed by atoms with van der Waals surface area (Å²) < 4.78 is 128. The number of aromatic nitrogens is 8. The van der Waals surface area contributed by atoms with Gasteiger partial charge in [0.2, 0.25) is 40.1 Å². The Bertz CT molecular complexity index is 4250. The van der Waals surface area contributed by atoms with E-state index in [-0.39, 0.29) is 91.6 Å². The first kappa shape index (κ1) is 70.0. The van der Waals surface area contributed by atoms with Gasteiger partial charge in [0, 0.05) is 95.7 Å². The van der Waals surface area contributed by atoms with Gasteiger partial charge in [-0.1, -0.05) is 27.7 Å². The molecule has 3 aromatic heterocycles. The zero-order chi connectivity index (χ0) is 66.7. The number of fused-ring (bicyclic) bond motifs is 20. The minimum Gasteiger partial charge on any atom is -0.328 e. The fourth-order valence-electron chi connectivity index (χ4n) is 12.4. The summed E-state index contributed by atoms with van der Waals surface area (Å²) in [6, 6.07) is 18.4. The van der Waals surface area contributed by atoms with Crippen LogP contribution in [0.3, 0.4) is 0 Å². The Morgan fingerprint density at radius 1 is 0.315 bits per heavy atom. The van der Waals surface area contributed by atoms with Gasteiger partial charge in [-0.2, -0.15) is 0 Å². The highest BCUT2D eigenvalue weighted by molar-refractivity contribution is 7.90. The molecule has 7 aromatic rings. The van der Waals surface area contributed by atoms with Gasteiger partial charge in [-0.25, -0.2) is 82.5 Å². The standard InChI is InChI=1S/C64H94N16O8S4/c1-13-33-77(5,6)37-17-29-65-89(81,82)45-21-25-49-53(41-45)61-69-57(49)74-62-55-43-47(91(85,86)67-31-19-39-79(9,10)35-15-3)23-27-51(55)59(71-62)76-64-56-44-48(92(87,88)68-32-20-40-80(11,12)36-16-4)24-28-52(56)60(72-64)75-63-54-42-46(22-26-50(54)58(70-63)73-61)90(83,84)66-30-18-38-78(7,8)34-14-2/h21-28,41-44,65-68H,13-20,29-40H2,1-12H3,(H2,69,70,71,72,73,74,75,76)/q+4. The Morgan fingerprint density at radius 2 is 0.565 bits per heavy atom. The van der Waals surface area contributed by atoms with Gasteiger partial charge < -0.3 is 27.9 Å². The van der Waals surface area contributed by atoms with Crippen LogP contribution in [0.5, 0.6) is 0 Å². The molecule has 0 fully saturated rings. The Balaban J connectivity index is 1.25. The van der Waals surface area contributed by atoms with Crippen LogP contribution in [0.4, 0.5) is 0 Å². The molecule has 0 unspecified atom stereocenters. The van der Waals surface area contributed by atoms with Crippen LogP contribution in [0.1, 0.15) is 79.1 Å². The van der Waals surface area contributed by atoms with Crippen molar-refractivity contribution in [3.05, 3.63) is 72.8 Å². The molecular weight excluding hydrogens is 1250 g/mol. The topological polar surface area (TPSA) is 294 Å². The third-order valence-corrected chi connectivity index (χ3v) is 23.0. The van der Waals surface area contributed by atoms with E-state index in [0.717, 1.165) is 96.0 Å². The van der Waals surface area contributed by atoms with E-state index in [1.54, 1.807) is 24.3 Å². The van der Waals surface area contributed by atoms with Crippen LogP contribution >= 0.6 is 0 Å². The van der Waals surface area contributed by atoms with E-state index < -0.39 is 40.1 Å². The number of H-pyrrole nitrogens is 2. The molecule has 24 nitrogen and oxygen atoms in total. The van der Waals surface area contributed by atoms with Crippen LogP contribution in [0, 0.1) is 0 Å². The van der Waals surface area contributed by atoms with Crippen LogP contribution in [-0.2, 0) is 40.1 Å². The summed E-state index contributed by atoms with van der Waals surface area (Å²) in [4.78, 5) is 36.9. The van der Waals surface area contributed by atoms with Gasteiger partial charge >= 0.3 is 0 Å². The van der Waals surface area contributed by atoms with Crippen molar-refractivity contribution in [2.45, 2.75) is 98.6 Å². The number of rotatable bonds is 32. The molecule has 0 atom stereocenters. The summed E-state index contributed by atoms with van der Waals surface area (Å²) in [7, 11) is 0.608. The maximum absolute atomic E-state index is 14.2. The summed E-state index contributed by atoms with van der Waals surface area (Å²) in [5.41, 5.74) is 2.07. The fraction of sp³-hybridized carbons (Fsp3) is 0.500. The molecule has 0 spiro atoms. The van der Waals surface area contributed by atoms with Crippen LogP contribution in [0.2, 0.25) is 0 Å². The molecule has 498 valence electrons. The second-order valence-corrected chi connectivity index (χ2v) is 34.0. The van der Waals surface area contributed by atoms with Crippen molar-refractivity contribution < 1.29 is 51.6 Å². The van der Waals surface area contributed by atoms with Crippen LogP contribution in [-0.4, -0.2) is 226 Å². The molecule has 0 saturated heterocycles. The third-order valence-electron chi connectivity index (χ3n) is 17.2. The van der Waals surface area contributed by atoms with Crippen molar-refractivity contribution in [3.63, 3.8) is 0 Å². The van der Waals surface area contributed by atoms with Crippen molar-refractivity contribution in [1.82, 2.24) is 58.8 Å². The monoisotopic (exact) mass is 1340 g/mol. The number of sulfonamides is 4. The van der Waals surface area contributed by atoms with Gasteiger partial charge in [-0.15, -0.1) is 0 Å². The molecule has 9 rings (SSSR count). The Hall–Kier alpha value is -6.28. The molecule has 6 N–H and O–H groups in total. The van der Waals surface area contributed by atoms with E-state index in [0.29, 0.717) is 69.5 Å². The van der Waals surface area contributed by atoms with E-state index in [9.17, 15) is 33.7 Å². The first-order chi connectivity index (χ1) is 43.3. The van der Waals surface area contributed by atoms with Gasteiger partial charge in [-0.05, 0) is 98.5 Å². The second kappa shape index (κ2) is 28.0. The Labute approximate surface area is 543 Å². The predicted octanol–water partition coefficient (Wildman–Crippen LogP) is 7.49. The molecule has 4 aromatic carbocycles. The summed E-state index contributed by atoms with van der Waals surface area (Å²) in [6.07, 6.45) is 6.37. The van der Waals surface area contributed by atoms with Crippen LogP contribution in [0.15, 0.2) is 92.4 Å². The van der Waals surface area contributed by atoms with E-state index in [1.807, 2.05) is 0 Å². The van der Waals surface area contributed by atoms with Crippen molar-refractivity contribution in [2.24, 2.45) is 0 Å². The number of benzene rings is 4. The lowest BCUT2D eigenvalue weighted by atomic mass is 10.1. The predicted molar refractivity (Wildman–Crippen MR) is 364 cm³/mol. The highest BCUT2D eigenvalue weighted by Crippen LogP contribution is 2.39. The molecule has 28 heteroatoms. The highest BCUT2D eigenvalue weighted by Gasteiger charge is 2.29. The number of nitrogens with one attached hydrogen (secondary N) is 6. The second-order valence-electron chi connectivity index (χ2n) is 27.0. The maximum Gasteiger partial charge on any atom is 0.240 e. The maximum atomic E-state index is 14.2. The summed E-state index contributed by atoms with van der Waals surface area (Å²) in [5.74, 6) is 0.301. The van der Waals surface area contributed by atoms with Crippen LogP contribution < -0.4 is 18.9 Å². The normalized spacial score (nSPS) is 13.5. The Kier molecular flexibility index (Phi) is 21.3. The number of hydrogen-bond donors (Lipinski definition) is 6. The van der Waals surface area contributed by atoms with Gasteiger partial charge in [0.05, 0.1) is 128 Å². The zero-order valence-electron chi connectivity index (χ0n) is 55.4. The smallest absolute Gasteiger partial charge is 0.240 e. The van der Waals surface area contributed by atoms with Crippen molar-refractivity contribution in [2.75, 3.05) is 135 Å². The van der Waals surface area contributed by atoms with E-state index >= 15 is 0 Å². The Morgan fingerprint density at radius 3 is 0.848 bits per heavy atom. The zero-order valence-corrected chi connectivity index (χ0v) is 58.7. The minimum absolute atomic E-state index is 0.0358. The number of quaternary nitrogens is 4. The van der Waals surface area contributed by atoms with Crippen LogP contribution in [0.25, 0.3) is 89.7 Å². The first-order valence-electron chi connectivity index (χ1n) is 32.0. The minimum atomic E-state index is -4.09. The average molecular weight is 1340 g/mol. The molecule has 0 radical (unpaired) electrons. The largest absolute Gasteiger partial charge is 0.328 e. The number of nitrogens with zero attached hydrogens (tertiary/aromatic N) is 10. The molecule has 2 aliphatic rings. The van der Waals surface area contributed by atoms with Crippen molar-refractivity contribution in [1.29, 1.82) is 0 Å². The third kappa shape index (κ3) is 16.6. The molecule has 0 aliphatic carbocycles. The van der Waals surface area contributed by atoms with Gasteiger partial charge in [0.1, 0.15) is 22.6 Å².